The summed E-state index contributed by atoms with van der Waals surface area (Å²) in [5, 5.41) is 20.4. The maximum Gasteiger partial charge on any atom is 0.248 e. The highest BCUT2D eigenvalue weighted by Crippen LogP contribution is 2.24. The van der Waals surface area contributed by atoms with E-state index < -0.39 is 108 Å². The number of hydrogen-bond acceptors (Lipinski definition) is 15. The van der Waals surface area contributed by atoms with Crippen molar-refractivity contribution in [1.82, 2.24) is 60.1 Å². The number of allylic oxidation sites excluding steroid dienone is 1. The maximum atomic E-state index is 15.5. The molecule has 0 saturated carbocycles. The summed E-state index contributed by atoms with van der Waals surface area (Å²) in [5.41, 5.74) is 7.09. The van der Waals surface area contributed by atoms with Gasteiger partial charge in [-0.2, -0.15) is 0 Å². The van der Waals surface area contributed by atoms with Crippen LogP contribution in [0.3, 0.4) is 0 Å². The second-order valence-electron chi connectivity index (χ2n) is 30.8. The van der Waals surface area contributed by atoms with Gasteiger partial charge >= 0.3 is 0 Å². The van der Waals surface area contributed by atoms with E-state index in [1.165, 1.54) is 65.7 Å². The van der Waals surface area contributed by atoms with E-state index in [2.05, 4.69) is 20.9 Å². The number of pyridine rings is 1. The van der Waals surface area contributed by atoms with Crippen LogP contribution in [0.1, 0.15) is 153 Å². The van der Waals surface area contributed by atoms with Crippen molar-refractivity contribution in [2.75, 3.05) is 101 Å². The zero-order valence-electron chi connectivity index (χ0n) is 65.2. The number of amides is 10. The average Bonchev–Trinajstić information content (AvgIpc) is 0.823. The molecule has 0 radical (unpaired) electrons. The molecule has 6 N–H and O–H groups in total. The maximum absolute atomic E-state index is 15.5. The van der Waals surface area contributed by atoms with Gasteiger partial charge in [0.2, 0.25) is 59.1 Å². The number of rotatable bonds is 41. The normalized spacial score (nSPS) is 15.8. The fourth-order valence-electron chi connectivity index (χ4n) is 12.6. The lowest BCUT2D eigenvalue weighted by Gasteiger charge is -2.38. The molecule has 10 atom stereocenters. The first-order chi connectivity index (χ1) is 47.2. The number of piperidine rings is 1. The second-order valence-corrected chi connectivity index (χ2v) is 30.8. The molecule has 1 saturated heterocycles. The summed E-state index contributed by atoms with van der Waals surface area (Å²) >= 11 is 0. The molecule has 568 valence electrons. The number of anilines is 1. The van der Waals surface area contributed by atoms with Crippen molar-refractivity contribution in [2.24, 2.45) is 41.2 Å². The highest BCUT2D eigenvalue weighted by atomic mass is 16.3. The van der Waals surface area contributed by atoms with Gasteiger partial charge in [-0.1, -0.05) is 126 Å². The van der Waals surface area contributed by atoms with Gasteiger partial charge in [0.15, 0.2) is 0 Å². The van der Waals surface area contributed by atoms with Crippen molar-refractivity contribution >= 4 is 64.9 Å². The van der Waals surface area contributed by atoms with E-state index in [9.17, 15) is 29.1 Å². The van der Waals surface area contributed by atoms with E-state index in [-0.39, 0.29) is 86.0 Å². The lowest BCUT2D eigenvalue weighted by Crippen LogP contribution is -2.63. The first-order valence-corrected chi connectivity index (χ1v) is 36.4. The molecule has 3 rings (SSSR count). The molecule has 1 aliphatic rings. The van der Waals surface area contributed by atoms with E-state index in [4.69, 9.17) is 5.73 Å². The van der Waals surface area contributed by atoms with Gasteiger partial charge in [-0.25, -0.2) is 4.98 Å². The Morgan fingerprint density at radius 2 is 0.960 bits per heavy atom. The highest BCUT2D eigenvalue weighted by molar-refractivity contribution is 5.99. The number of likely N-dealkylation sites (tertiary alicyclic amines) is 1. The zero-order chi connectivity index (χ0) is 76.4. The molecule has 101 heavy (non-hydrogen) atoms. The molecule has 0 bridgehead atoms. The quantitative estimate of drug-likeness (QED) is 0.0543. The van der Waals surface area contributed by atoms with Crippen LogP contribution in [-0.2, 0) is 60.8 Å². The monoisotopic (exact) mass is 1410 g/mol. The zero-order valence-corrected chi connectivity index (χ0v) is 65.2. The molecule has 1 aliphatic heterocycles. The van der Waals surface area contributed by atoms with Gasteiger partial charge in [-0.05, 0) is 131 Å². The lowest BCUT2D eigenvalue weighted by molar-refractivity contribution is -0.152. The van der Waals surface area contributed by atoms with Crippen molar-refractivity contribution in [3.63, 3.8) is 0 Å². The minimum absolute atomic E-state index is 0.0277. The van der Waals surface area contributed by atoms with Crippen LogP contribution >= 0.6 is 0 Å². The van der Waals surface area contributed by atoms with Crippen LogP contribution in [0.5, 0.6) is 0 Å². The van der Waals surface area contributed by atoms with Crippen LogP contribution in [0.2, 0.25) is 0 Å². The number of nitrogens with two attached hydrogens (primary N) is 1. The molecule has 0 aliphatic carbocycles. The van der Waals surface area contributed by atoms with Crippen molar-refractivity contribution in [1.29, 1.82) is 0 Å². The predicted octanol–water partition coefficient (Wildman–Crippen LogP) is 5.08. The Morgan fingerprint density at radius 1 is 0.505 bits per heavy atom. The van der Waals surface area contributed by atoms with Crippen LogP contribution in [0.15, 0.2) is 60.8 Å². The van der Waals surface area contributed by atoms with Crippen molar-refractivity contribution in [2.45, 2.75) is 215 Å². The lowest BCUT2D eigenvalue weighted by atomic mass is 9.96. The number of carbonyl (C=O) groups is 10. The molecule has 10 amide bonds. The van der Waals surface area contributed by atoms with Gasteiger partial charge in [-0.3, -0.25) is 52.8 Å². The molecule has 2 heterocycles. The smallest absolute Gasteiger partial charge is 0.248 e. The average molecular weight is 1410 g/mol. The molecule has 25 nitrogen and oxygen atoms in total. The molecule has 1 fully saturated rings. The van der Waals surface area contributed by atoms with Gasteiger partial charge < -0.3 is 66.0 Å². The summed E-state index contributed by atoms with van der Waals surface area (Å²) in [6.45, 7) is 26.5. The third-order valence-corrected chi connectivity index (χ3v) is 18.8. The number of primary amides is 1. The Kier molecular flexibility index (Phi) is 36.6. The number of benzene rings is 1. The van der Waals surface area contributed by atoms with Gasteiger partial charge in [0, 0.05) is 101 Å². The van der Waals surface area contributed by atoms with Gasteiger partial charge in [0.05, 0.1) is 12.1 Å². The summed E-state index contributed by atoms with van der Waals surface area (Å²) < 4.78 is 0. The van der Waals surface area contributed by atoms with E-state index in [1.807, 2.05) is 156 Å². The second kappa shape index (κ2) is 42.2. The van der Waals surface area contributed by atoms with E-state index in [0.29, 0.717) is 56.0 Å². The fourth-order valence-corrected chi connectivity index (χ4v) is 12.6. The van der Waals surface area contributed by atoms with Crippen molar-refractivity contribution in [3.05, 3.63) is 71.9 Å². The molecular weight excluding hydrogens is 1280 g/mol. The summed E-state index contributed by atoms with van der Waals surface area (Å²) in [6.07, 6.45) is 7.01. The molecule has 25 heteroatoms. The number of aromatic nitrogens is 1. The molecule has 1 aromatic carbocycles. The number of nitrogens with one attached hydrogen (secondary N) is 3. The topological polar surface area (TPSA) is 295 Å². The molecule has 0 spiro atoms. The van der Waals surface area contributed by atoms with Crippen LogP contribution in [0, 0.1) is 35.5 Å². The summed E-state index contributed by atoms with van der Waals surface area (Å²) in [5.74, 6) is -5.32. The Bertz CT molecular complexity index is 3010. The third-order valence-electron chi connectivity index (χ3n) is 18.8. The molecule has 1 aromatic heterocycles. The minimum atomic E-state index is -1.66. The Balaban J connectivity index is 2.09. The van der Waals surface area contributed by atoms with Crippen LogP contribution in [0.4, 0.5) is 5.82 Å². The van der Waals surface area contributed by atoms with Gasteiger partial charge in [0.25, 0.3) is 0 Å². The van der Waals surface area contributed by atoms with E-state index in [0.717, 1.165) is 19.3 Å². The standard InChI is InChI=1S/C76H128N14O11/c1-48(2)31-34-66(92)85(18)63(42-52(9)10)74(99)88(21)62(45-55-29-25-23-26-30-55)70(95)79-57(44-56-32-33-65(78-46-56)82(14)15)72(97)86(19)61(41-51(7)8)71(96)81-67(54(13)91)76(101)89(22)64(43-53(11)12)75(100)87(20)60(40-50(5)6)69(94)80-58(73(98)90-35-27-24-28-36-90)47-83(16)37-38-84(17)59(68(77)93)39-49(3)4/h23,25-26,29-34,46,48-54,57-64,67,91H,24,27-28,35-45,47H2,1-22H3,(H2,77,93)(H,79,95)(H,80,94)(H,81,96)/b34-31-/t54-,57?,58+,59?,60+,61+,62+,63?,64+,67?/m1/s1. The first-order valence-electron chi connectivity index (χ1n) is 36.4. The number of aliphatic hydroxyl groups excluding tert-OH is 1. The van der Waals surface area contributed by atoms with Crippen molar-refractivity contribution in [3.8, 4) is 0 Å². The number of carbonyl (C=O) groups excluding carboxylic acids is 10. The van der Waals surface area contributed by atoms with Crippen molar-refractivity contribution < 1.29 is 53.1 Å². The Morgan fingerprint density at radius 3 is 1.44 bits per heavy atom. The first kappa shape index (κ1) is 87.7. The summed E-state index contributed by atoms with van der Waals surface area (Å²) in [4.78, 5) is 165. The predicted molar refractivity (Wildman–Crippen MR) is 397 cm³/mol. The molecule has 2 aromatic rings. The Hall–Kier alpha value is -7.51. The fraction of sp³-hybridized carbons (Fsp3) is 0.697. The van der Waals surface area contributed by atoms with E-state index in [1.54, 1.807) is 36.4 Å². The SMILES string of the molecule is CC(C)/C=C\C(=O)N(C)C(CC(C)C)C(=O)N(C)[C@@H](Cc1ccccc1)C(=O)NC(Cc1ccc(N(C)C)nc1)C(=O)N(C)[C@@H](CC(C)C)C(=O)NC(C(=O)N(C)[C@@H](CC(C)C)C(=O)N(C)[C@@H](CC(C)C)C(=O)N[C@@H](CN(C)CCN(C)C(CC(C)C)C(N)=O)C(=O)N1CCCCC1)[C@@H](C)O. The summed E-state index contributed by atoms with van der Waals surface area (Å²) in [6, 6.07) is 2.34. The van der Waals surface area contributed by atoms with E-state index >= 15 is 24.0 Å². The largest absolute Gasteiger partial charge is 0.391 e. The number of hydrogen-bond donors (Lipinski definition) is 5. The third kappa shape index (κ3) is 28.0. The van der Waals surface area contributed by atoms with Crippen LogP contribution < -0.4 is 26.6 Å². The molecule has 4 unspecified atom stereocenters. The summed E-state index contributed by atoms with van der Waals surface area (Å²) in [7, 11) is 14.8. The number of likely N-dealkylation sites (N-methyl/N-ethyl adjacent to an activating group) is 7. The molecular formula is C76H128N14O11. The van der Waals surface area contributed by atoms with Gasteiger partial charge in [-0.15, -0.1) is 0 Å². The number of aliphatic hydroxyl groups is 1. The Labute approximate surface area is 604 Å². The van der Waals surface area contributed by atoms with Gasteiger partial charge in [0.1, 0.15) is 54.2 Å². The highest BCUT2D eigenvalue weighted by Gasteiger charge is 2.43. The number of nitrogens with zero attached hydrogens (tertiary/aromatic N) is 10. The van der Waals surface area contributed by atoms with Crippen LogP contribution in [0.25, 0.3) is 0 Å². The van der Waals surface area contributed by atoms with Crippen LogP contribution in [-0.4, -0.2) is 265 Å². The minimum Gasteiger partial charge on any atom is -0.391 e.